The first-order chi connectivity index (χ1) is 9.74. The average molecular weight is 287 g/mol. The van der Waals surface area contributed by atoms with Gasteiger partial charge in [0.15, 0.2) is 0 Å². The molecule has 1 aliphatic heterocycles. The molecule has 3 rings (SSSR count). The van der Waals surface area contributed by atoms with Crippen LogP contribution < -0.4 is 5.73 Å². The van der Waals surface area contributed by atoms with Crippen LogP contribution in [0.15, 0.2) is 36.5 Å². The predicted molar refractivity (Wildman–Crippen MR) is 80.7 cm³/mol. The molecule has 2 N–H and O–H groups in total. The maximum absolute atomic E-state index is 12.4. The maximum atomic E-state index is 12.4. The zero-order valence-electron chi connectivity index (χ0n) is 11.2. The summed E-state index contributed by atoms with van der Waals surface area (Å²) in [5.74, 6) is 0.0554. The molecule has 1 aromatic heterocycles. The topological polar surface area (TPSA) is 59.2 Å². The summed E-state index contributed by atoms with van der Waals surface area (Å²) in [5, 5.41) is 0.884. The fourth-order valence-corrected chi connectivity index (χ4v) is 3.33. The van der Waals surface area contributed by atoms with Crippen LogP contribution in [-0.4, -0.2) is 34.9 Å². The molecule has 1 unspecified atom stereocenters. The summed E-state index contributed by atoms with van der Waals surface area (Å²) in [6.07, 6.45) is 3.66. The van der Waals surface area contributed by atoms with Gasteiger partial charge in [0.25, 0.3) is 5.91 Å². The molecular formula is C15H17N3OS. The minimum atomic E-state index is 0.0554. The van der Waals surface area contributed by atoms with Gasteiger partial charge in [-0.15, -0.1) is 11.3 Å². The molecule has 1 saturated heterocycles. The number of hydrogen-bond donors (Lipinski definition) is 1. The number of piperidine rings is 1. The Labute approximate surface area is 122 Å². The lowest BCUT2D eigenvalue weighted by Crippen LogP contribution is -2.45. The molecule has 1 atom stereocenters. The molecule has 0 radical (unpaired) electrons. The fourth-order valence-electron chi connectivity index (χ4n) is 2.44. The molecule has 0 spiro atoms. The van der Waals surface area contributed by atoms with Crippen LogP contribution in [0.25, 0.3) is 10.6 Å². The normalized spacial score (nSPS) is 19.1. The number of amides is 1. The number of benzene rings is 1. The highest BCUT2D eigenvalue weighted by atomic mass is 32.1. The molecule has 2 aromatic rings. The van der Waals surface area contributed by atoms with Crippen LogP contribution in [-0.2, 0) is 0 Å². The summed E-state index contributed by atoms with van der Waals surface area (Å²) in [7, 11) is 0. The molecule has 5 heteroatoms. The Hall–Kier alpha value is -1.72. The van der Waals surface area contributed by atoms with E-state index in [-0.39, 0.29) is 11.9 Å². The Morgan fingerprint density at radius 2 is 2.15 bits per heavy atom. The third kappa shape index (κ3) is 2.73. The van der Waals surface area contributed by atoms with E-state index in [0.717, 1.165) is 30.0 Å². The Morgan fingerprint density at radius 1 is 1.35 bits per heavy atom. The third-order valence-electron chi connectivity index (χ3n) is 3.48. The van der Waals surface area contributed by atoms with Gasteiger partial charge in [-0.1, -0.05) is 30.3 Å². The van der Waals surface area contributed by atoms with E-state index in [9.17, 15) is 4.79 Å². The number of nitrogens with zero attached hydrogens (tertiary/aromatic N) is 2. The number of rotatable bonds is 2. The number of carbonyl (C=O) groups excluding carboxylic acids is 1. The Kier molecular flexibility index (Phi) is 3.80. The smallest absolute Gasteiger partial charge is 0.265 e. The van der Waals surface area contributed by atoms with Gasteiger partial charge in [0.2, 0.25) is 0 Å². The van der Waals surface area contributed by atoms with Gasteiger partial charge < -0.3 is 10.6 Å². The second kappa shape index (κ2) is 5.73. The zero-order valence-corrected chi connectivity index (χ0v) is 12.0. The monoisotopic (exact) mass is 287 g/mol. The van der Waals surface area contributed by atoms with Gasteiger partial charge >= 0.3 is 0 Å². The number of aromatic nitrogens is 1. The van der Waals surface area contributed by atoms with Gasteiger partial charge in [0.1, 0.15) is 9.88 Å². The molecule has 4 nitrogen and oxygen atoms in total. The second-order valence-electron chi connectivity index (χ2n) is 5.05. The second-order valence-corrected chi connectivity index (χ2v) is 6.08. The first-order valence-electron chi connectivity index (χ1n) is 6.80. The Morgan fingerprint density at radius 3 is 2.90 bits per heavy atom. The molecule has 0 saturated carbocycles. The van der Waals surface area contributed by atoms with Crippen molar-refractivity contribution in [2.45, 2.75) is 18.9 Å². The van der Waals surface area contributed by atoms with Crippen LogP contribution in [0.3, 0.4) is 0 Å². The molecule has 0 aliphatic carbocycles. The molecule has 1 fully saturated rings. The van der Waals surface area contributed by atoms with E-state index in [1.807, 2.05) is 35.2 Å². The predicted octanol–water partition coefficient (Wildman–Crippen LogP) is 2.37. The summed E-state index contributed by atoms with van der Waals surface area (Å²) >= 11 is 1.45. The average Bonchev–Trinajstić information content (AvgIpc) is 2.97. The van der Waals surface area contributed by atoms with Crippen molar-refractivity contribution in [2.75, 3.05) is 13.1 Å². The van der Waals surface area contributed by atoms with E-state index in [1.165, 1.54) is 11.3 Å². The van der Waals surface area contributed by atoms with Crippen LogP contribution >= 0.6 is 11.3 Å². The summed E-state index contributed by atoms with van der Waals surface area (Å²) in [6.45, 7) is 1.45. The Bertz CT molecular complexity index is 596. The quantitative estimate of drug-likeness (QED) is 0.922. The van der Waals surface area contributed by atoms with Crippen molar-refractivity contribution in [1.29, 1.82) is 0 Å². The van der Waals surface area contributed by atoms with E-state index < -0.39 is 0 Å². The Balaban J connectivity index is 1.78. The van der Waals surface area contributed by atoms with E-state index in [0.29, 0.717) is 11.4 Å². The molecule has 0 bridgehead atoms. The van der Waals surface area contributed by atoms with Crippen LogP contribution in [0.1, 0.15) is 22.5 Å². The highest BCUT2D eigenvalue weighted by molar-refractivity contribution is 7.16. The molecule has 2 heterocycles. The highest BCUT2D eigenvalue weighted by Gasteiger charge is 2.23. The van der Waals surface area contributed by atoms with Crippen molar-refractivity contribution < 1.29 is 4.79 Å². The molecule has 104 valence electrons. The molecule has 1 amide bonds. The van der Waals surface area contributed by atoms with Gasteiger partial charge in [-0.05, 0) is 12.8 Å². The molecule has 20 heavy (non-hydrogen) atoms. The van der Waals surface area contributed by atoms with E-state index in [1.54, 1.807) is 6.20 Å². The van der Waals surface area contributed by atoms with Gasteiger partial charge in [0, 0.05) is 24.7 Å². The van der Waals surface area contributed by atoms with Crippen LogP contribution in [0, 0.1) is 0 Å². The number of nitrogens with two attached hydrogens (primary N) is 1. The lowest BCUT2D eigenvalue weighted by Gasteiger charge is -2.30. The fraction of sp³-hybridized carbons (Fsp3) is 0.333. The molecule has 1 aliphatic rings. The highest BCUT2D eigenvalue weighted by Crippen LogP contribution is 2.26. The van der Waals surface area contributed by atoms with Crippen LogP contribution in [0.2, 0.25) is 0 Å². The van der Waals surface area contributed by atoms with Crippen molar-refractivity contribution in [1.82, 2.24) is 9.88 Å². The number of carbonyl (C=O) groups is 1. The van der Waals surface area contributed by atoms with Crippen molar-refractivity contribution >= 4 is 17.2 Å². The first kappa shape index (κ1) is 13.3. The first-order valence-corrected chi connectivity index (χ1v) is 7.62. The number of hydrogen-bond acceptors (Lipinski definition) is 4. The summed E-state index contributed by atoms with van der Waals surface area (Å²) in [6, 6.07) is 10.0. The van der Waals surface area contributed by atoms with Gasteiger partial charge in [-0.3, -0.25) is 4.79 Å². The van der Waals surface area contributed by atoms with E-state index in [4.69, 9.17) is 5.73 Å². The molecular weight excluding hydrogens is 270 g/mol. The van der Waals surface area contributed by atoms with Crippen molar-refractivity contribution in [3.63, 3.8) is 0 Å². The number of likely N-dealkylation sites (tertiary alicyclic amines) is 1. The van der Waals surface area contributed by atoms with Crippen molar-refractivity contribution in [3.8, 4) is 10.6 Å². The summed E-state index contributed by atoms with van der Waals surface area (Å²) in [5.41, 5.74) is 6.98. The standard InChI is InChI=1S/C15H17N3OS/c16-12-7-4-8-18(10-12)15(19)13-9-17-14(20-13)11-5-2-1-3-6-11/h1-3,5-6,9,12H,4,7-8,10,16H2. The van der Waals surface area contributed by atoms with Crippen molar-refractivity contribution in [2.24, 2.45) is 5.73 Å². The van der Waals surface area contributed by atoms with Gasteiger partial charge in [-0.25, -0.2) is 4.98 Å². The minimum Gasteiger partial charge on any atom is -0.336 e. The van der Waals surface area contributed by atoms with Crippen molar-refractivity contribution in [3.05, 3.63) is 41.4 Å². The van der Waals surface area contributed by atoms with E-state index in [2.05, 4.69) is 4.98 Å². The SMILES string of the molecule is NC1CCCN(C(=O)c2cnc(-c3ccccc3)s2)C1. The van der Waals surface area contributed by atoms with Crippen LogP contribution in [0.4, 0.5) is 0 Å². The van der Waals surface area contributed by atoms with E-state index >= 15 is 0 Å². The third-order valence-corrected chi connectivity index (χ3v) is 4.52. The lowest BCUT2D eigenvalue weighted by atomic mass is 10.1. The largest absolute Gasteiger partial charge is 0.336 e. The van der Waals surface area contributed by atoms with Gasteiger partial charge in [0.05, 0.1) is 6.20 Å². The maximum Gasteiger partial charge on any atom is 0.265 e. The summed E-state index contributed by atoms with van der Waals surface area (Å²) in [4.78, 5) is 19.3. The molecule has 1 aromatic carbocycles. The van der Waals surface area contributed by atoms with Crippen LogP contribution in [0.5, 0.6) is 0 Å². The number of thiazole rings is 1. The summed E-state index contributed by atoms with van der Waals surface area (Å²) < 4.78 is 0. The zero-order chi connectivity index (χ0) is 13.9. The minimum absolute atomic E-state index is 0.0554. The van der Waals surface area contributed by atoms with Gasteiger partial charge in [-0.2, -0.15) is 0 Å². The lowest BCUT2D eigenvalue weighted by molar-refractivity contribution is 0.0713.